The van der Waals surface area contributed by atoms with E-state index in [1.54, 1.807) is 0 Å². The monoisotopic (exact) mass is 330 g/mol. The SMILES string of the molecule is C[C@H](O[Si](C)(C)C)[C@H](O[Si](C)(C)C)c1ccccc1Cl. The Balaban J connectivity index is 3.06. The fraction of sp³-hybridized carbons (Fsp3) is 0.600. The van der Waals surface area contributed by atoms with Crippen molar-refractivity contribution < 1.29 is 8.85 Å². The van der Waals surface area contributed by atoms with E-state index < -0.39 is 16.6 Å². The van der Waals surface area contributed by atoms with Gasteiger partial charge >= 0.3 is 0 Å². The Bertz CT molecular complexity index is 438. The van der Waals surface area contributed by atoms with Crippen LogP contribution in [0.1, 0.15) is 18.6 Å². The van der Waals surface area contributed by atoms with Crippen molar-refractivity contribution >= 4 is 28.2 Å². The zero-order valence-corrected chi connectivity index (χ0v) is 16.4. The van der Waals surface area contributed by atoms with Crippen molar-refractivity contribution in [2.45, 2.75) is 58.4 Å². The molecule has 5 heteroatoms. The average Bonchev–Trinajstić information content (AvgIpc) is 2.23. The summed E-state index contributed by atoms with van der Waals surface area (Å²) in [6.07, 6.45) is -0.0876. The Morgan fingerprint density at radius 1 is 0.900 bits per heavy atom. The van der Waals surface area contributed by atoms with Gasteiger partial charge in [0.25, 0.3) is 0 Å². The average molecular weight is 331 g/mol. The number of hydrogen-bond donors (Lipinski definition) is 0. The van der Waals surface area contributed by atoms with Crippen LogP contribution in [-0.2, 0) is 8.85 Å². The van der Waals surface area contributed by atoms with Gasteiger partial charge in [-0.2, -0.15) is 0 Å². The molecule has 0 spiro atoms. The summed E-state index contributed by atoms with van der Waals surface area (Å²) in [4.78, 5) is 0. The van der Waals surface area contributed by atoms with Gasteiger partial charge < -0.3 is 8.85 Å². The summed E-state index contributed by atoms with van der Waals surface area (Å²) >= 11 is 6.35. The van der Waals surface area contributed by atoms with Crippen LogP contribution in [0.5, 0.6) is 0 Å². The summed E-state index contributed by atoms with van der Waals surface area (Å²) < 4.78 is 12.6. The molecule has 0 aromatic heterocycles. The van der Waals surface area contributed by atoms with E-state index in [2.05, 4.69) is 46.2 Å². The summed E-state index contributed by atoms with van der Waals surface area (Å²) in [5.41, 5.74) is 1.03. The minimum absolute atomic E-state index is 0.00768. The molecule has 2 nitrogen and oxygen atoms in total. The fourth-order valence-corrected chi connectivity index (χ4v) is 4.68. The number of rotatable bonds is 6. The lowest BCUT2D eigenvalue weighted by Crippen LogP contribution is -2.38. The molecule has 0 saturated carbocycles. The van der Waals surface area contributed by atoms with Gasteiger partial charge in [0.1, 0.15) is 0 Å². The molecule has 0 unspecified atom stereocenters. The minimum Gasteiger partial charge on any atom is -0.412 e. The molecular weight excluding hydrogens is 304 g/mol. The third-order valence-electron chi connectivity index (χ3n) is 2.66. The summed E-state index contributed by atoms with van der Waals surface area (Å²) in [7, 11) is -3.30. The summed E-state index contributed by atoms with van der Waals surface area (Å²) in [5, 5.41) is 0.752. The van der Waals surface area contributed by atoms with Crippen molar-refractivity contribution in [3.05, 3.63) is 34.9 Å². The zero-order valence-electron chi connectivity index (χ0n) is 13.7. The summed E-state index contributed by atoms with van der Waals surface area (Å²) in [6, 6.07) is 7.90. The molecule has 1 rings (SSSR count). The Kier molecular flexibility index (Phi) is 6.05. The molecule has 0 heterocycles. The second kappa shape index (κ2) is 6.75. The highest BCUT2D eigenvalue weighted by Crippen LogP contribution is 2.33. The molecule has 0 aliphatic rings. The maximum Gasteiger partial charge on any atom is 0.184 e. The predicted octanol–water partition coefficient (Wildman–Crippen LogP) is 5.47. The van der Waals surface area contributed by atoms with Gasteiger partial charge in [0, 0.05) is 10.6 Å². The van der Waals surface area contributed by atoms with E-state index in [-0.39, 0.29) is 12.2 Å². The minimum atomic E-state index is -1.69. The molecule has 0 saturated heterocycles. The van der Waals surface area contributed by atoms with Gasteiger partial charge in [-0.15, -0.1) is 0 Å². The van der Waals surface area contributed by atoms with E-state index >= 15 is 0 Å². The second-order valence-electron chi connectivity index (χ2n) is 7.11. The standard InChI is InChI=1S/C15H27ClO2Si2/c1-12(17-19(2,3)4)15(18-20(5,6)7)13-10-8-9-11-14(13)16/h8-12,15H,1-7H3/t12-,15-/m0/s1. The van der Waals surface area contributed by atoms with Crippen LogP contribution in [-0.4, -0.2) is 22.7 Å². The second-order valence-corrected chi connectivity index (χ2v) is 16.4. The topological polar surface area (TPSA) is 18.5 Å². The highest BCUT2D eigenvalue weighted by Gasteiger charge is 2.31. The molecule has 0 bridgehead atoms. The van der Waals surface area contributed by atoms with Gasteiger partial charge in [-0.1, -0.05) is 29.8 Å². The van der Waals surface area contributed by atoms with Crippen molar-refractivity contribution in [1.82, 2.24) is 0 Å². The molecule has 0 aliphatic heterocycles. The lowest BCUT2D eigenvalue weighted by molar-refractivity contribution is 0.0550. The largest absolute Gasteiger partial charge is 0.412 e. The maximum atomic E-state index is 6.36. The van der Waals surface area contributed by atoms with E-state index in [0.29, 0.717) is 0 Å². The Labute approximate surface area is 130 Å². The smallest absolute Gasteiger partial charge is 0.184 e. The molecule has 1 aromatic rings. The molecule has 1 aromatic carbocycles. The van der Waals surface area contributed by atoms with E-state index in [1.807, 2.05) is 24.3 Å². The normalized spacial score (nSPS) is 16.0. The molecule has 114 valence electrons. The number of halogens is 1. The molecular formula is C15H27ClO2Si2. The lowest BCUT2D eigenvalue weighted by atomic mass is 10.1. The van der Waals surface area contributed by atoms with Gasteiger partial charge in [0.05, 0.1) is 12.2 Å². The van der Waals surface area contributed by atoms with Gasteiger partial charge in [-0.3, -0.25) is 0 Å². The van der Waals surface area contributed by atoms with E-state index in [0.717, 1.165) is 10.6 Å². The van der Waals surface area contributed by atoms with Crippen LogP contribution in [0, 0.1) is 0 Å². The molecule has 0 fully saturated rings. The van der Waals surface area contributed by atoms with Crippen LogP contribution in [0.2, 0.25) is 44.3 Å². The molecule has 0 amide bonds. The lowest BCUT2D eigenvalue weighted by Gasteiger charge is -2.35. The van der Waals surface area contributed by atoms with E-state index in [1.165, 1.54) is 0 Å². The van der Waals surface area contributed by atoms with Crippen molar-refractivity contribution in [2.24, 2.45) is 0 Å². The van der Waals surface area contributed by atoms with E-state index in [9.17, 15) is 0 Å². The van der Waals surface area contributed by atoms with Crippen molar-refractivity contribution in [3.63, 3.8) is 0 Å². The van der Waals surface area contributed by atoms with Crippen LogP contribution < -0.4 is 0 Å². The molecule has 0 radical (unpaired) electrons. The van der Waals surface area contributed by atoms with Gasteiger partial charge in [0.15, 0.2) is 16.6 Å². The highest BCUT2D eigenvalue weighted by atomic mass is 35.5. The molecule has 20 heavy (non-hydrogen) atoms. The van der Waals surface area contributed by atoms with Gasteiger partial charge in [-0.25, -0.2) is 0 Å². The highest BCUT2D eigenvalue weighted by molar-refractivity contribution is 6.70. The van der Waals surface area contributed by atoms with Crippen molar-refractivity contribution in [1.29, 1.82) is 0 Å². The first-order valence-electron chi connectivity index (χ1n) is 7.10. The first kappa shape index (κ1) is 17.9. The molecule has 0 aliphatic carbocycles. The third-order valence-corrected chi connectivity index (χ3v) is 5.04. The van der Waals surface area contributed by atoms with Gasteiger partial charge in [-0.05, 0) is 52.3 Å². The van der Waals surface area contributed by atoms with E-state index in [4.69, 9.17) is 20.5 Å². The predicted molar refractivity (Wildman–Crippen MR) is 92.5 cm³/mol. The summed E-state index contributed by atoms with van der Waals surface area (Å²) in [6.45, 7) is 15.3. The number of benzene rings is 1. The van der Waals surface area contributed by atoms with Crippen LogP contribution in [0.15, 0.2) is 24.3 Å². The fourth-order valence-electron chi connectivity index (χ4n) is 2.12. The van der Waals surface area contributed by atoms with Crippen LogP contribution in [0.25, 0.3) is 0 Å². The van der Waals surface area contributed by atoms with Crippen LogP contribution >= 0.6 is 11.6 Å². The first-order chi connectivity index (χ1) is 8.99. The van der Waals surface area contributed by atoms with Crippen LogP contribution in [0.4, 0.5) is 0 Å². The Hall–Kier alpha value is -0.136. The maximum absolute atomic E-state index is 6.36. The Morgan fingerprint density at radius 2 is 1.40 bits per heavy atom. The summed E-state index contributed by atoms with van der Waals surface area (Å²) in [5.74, 6) is 0. The number of hydrogen-bond acceptors (Lipinski definition) is 2. The quantitative estimate of drug-likeness (QED) is 0.643. The third kappa shape index (κ3) is 6.10. The van der Waals surface area contributed by atoms with Crippen molar-refractivity contribution in [3.8, 4) is 0 Å². The molecule has 0 N–H and O–H groups in total. The van der Waals surface area contributed by atoms with Crippen molar-refractivity contribution in [2.75, 3.05) is 0 Å². The van der Waals surface area contributed by atoms with Gasteiger partial charge in [0.2, 0.25) is 0 Å². The Morgan fingerprint density at radius 3 is 1.85 bits per heavy atom. The molecule has 2 atom stereocenters. The van der Waals surface area contributed by atoms with Crippen LogP contribution in [0.3, 0.4) is 0 Å². The first-order valence-corrected chi connectivity index (χ1v) is 14.3. The zero-order chi connectivity index (χ0) is 15.6.